The lowest BCUT2D eigenvalue weighted by Gasteiger charge is -2.33. The molecule has 1 saturated heterocycles. The van der Waals surface area contributed by atoms with E-state index in [9.17, 15) is 5.11 Å². The summed E-state index contributed by atoms with van der Waals surface area (Å²) in [6.07, 6.45) is 6.33. The van der Waals surface area contributed by atoms with Crippen LogP contribution in [-0.2, 0) is 0 Å². The van der Waals surface area contributed by atoms with Crippen LogP contribution in [0.4, 0.5) is 0 Å². The van der Waals surface area contributed by atoms with Crippen LogP contribution in [0.15, 0.2) is 0 Å². The Morgan fingerprint density at radius 1 is 1.11 bits per heavy atom. The van der Waals surface area contributed by atoms with Gasteiger partial charge < -0.3 is 15.3 Å². The Hall–Kier alpha value is -0.120. The van der Waals surface area contributed by atoms with Crippen LogP contribution >= 0.6 is 0 Å². The Morgan fingerprint density at radius 3 is 2.33 bits per heavy atom. The van der Waals surface area contributed by atoms with Gasteiger partial charge in [0.25, 0.3) is 0 Å². The van der Waals surface area contributed by atoms with Crippen molar-refractivity contribution in [1.29, 1.82) is 0 Å². The lowest BCUT2D eigenvalue weighted by molar-refractivity contribution is 0.114. The smallest absolute Gasteiger partial charge is 0.0791 e. The van der Waals surface area contributed by atoms with Gasteiger partial charge in [-0.3, -0.25) is 0 Å². The summed E-state index contributed by atoms with van der Waals surface area (Å²) in [5, 5.41) is 13.6. The van der Waals surface area contributed by atoms with E-state index in [4.69, 9.17) is 0 Å². The standard InChI is InChI=1S/C15H30N2O/c1-12-7-13(2)9-14(8-12)16-10-15(18)11-17-5-3-4-6-17/h12-16,18H,3-11H2,1-2H3. The average molecular weight is 254 g/mol. The summed E-state index contributed by atoms with van der Waals surface area (Å²) in [6.45, 7) is 8.67. The summed E-state index contributed by atoms with van der Waals surface area (Å²) < 4.78 is 0. The molecule has 3 nitrogen and oxygen atoms in total. The van der Waals surface area contributed by atoms with Gasteiger partial charge in [0.15, 0.2) is 0 Å². The van der Waals surface area contributed by atoms with Gasteiger partial charge in [-0.15, -0.1) is 0 Å². The van der Waals surface area contributed by atoms with Crippen LogP contribution in [0.2, 0.25) is 0 Å². The van der Waals surface area contributed by atoms with E-state index in [1.807, 2.05) is 0 Å². The van der Waals surface area contributed by atoms with Crippen LogP contribution in [0.25, 0.3) is 0 Å². The van der Waals surface area contributed by atoms with E-state index in [1.165, 1.54) is 45.2 Å². The molecule has 106 valence electrons. The van der Waals surface area contributed by atoms with Gasteiger partial charge >= 0.3 is 0 Å². The Labute approximate surface area is 112 Å². The highest BCUT2D eigenvalue weighted by Gasteiger charge is 2.24. The van der Waals surface area contributed by atoms with E-state index < -0.39 is 0 Å². The van der Waals surface area contributed by atoms with E-state index in [0.29, 0.717) is 6.04 Å². The minimum absolute atomic E-state index is 0.198. The topological polar surface area (TPSA) is 35.5 Å². The fourth-order valence-corrected chi connectivity index (χ4v) is 3.74. The number of hydrogen-bond donors (Lipinski definition) is 2. The second-order valence-corrected chi connectivity index (χ2v) is 6.68. The molecule has 2 aliphatic rings. The van der Waals surface area contributed by atoms with Gasteiger partial charge in [-0.25, -0.2) is 0 Å². The molecule has 2 rings (SSSR count). The molecule has 1 aliphatic carbocycles. The molecule has 0 aromatic heterocycles. The Bertz CT molecular complexity index is 231. The lowest BCUT2D eigenvalue weighted by Crippen LogP contribution is -2.43. The Kier molecular flexibility index (Phi) is 5.46. The van der Waals surface area contributed by atoms with Gasteiger partial charge in [-0.05, 0) is 57.0 Å². The molecule has 0 aromatic rings. The lowest BCUT2D eigenvalue weighted by atomic mass is 9.80. The summed E-state index contributed by atoms with van der Waals surface area (Å²) in [6, 6.07) is 0.622. The van der Waals surface area contributed by atoms with Crippen LogP contribution in [0.1, 0.15) is 46.0 Å². The number of β-amino-alcohol motifs (C(OH)–C–C–N with tert-alkyl or cyclic N) is 1. The van der Waals surface area contributed by atoms with E-state index in [2.05, 4.69) is 24.1 Å². The number of likely N-dealkylation sites (tertiary alicyclic amines) is 1. The molecule has 3 unspecified atom stereocenters. The largest absolute Gasteiger partial charge is 0.390 e. The zero-order valence-electron chi connectivity index (χ0n) is 12.1. The first-order chi connectivity index (χ1) is 8.63. The average Bonchev–Trinajstić information content (AvgIpc) is 2.78. The third-order valence-electron chi connectivity index (χ3n) is 4.49. The van der Waals surface area contributed by atoms with Crippen LogP contribution in [0.5, 0.6) is 0 Å². The maximum absolute atomic E-state index is 10.1. The molecule has 0 radical (unpaired) electrons. The molecule has 0 bridgehead atoms. The molecule has 1 saturated carbocycles. The van der Waals surface area contributed by atoms with Gasteiger partial charge in [0.1, 0.15) is 0 Å². The quantitative estimate of drug-likeness (QED) is 0.786. The van der Waals surface area contributed by atoms with Crippen LogP contribution in [0, 0.1) is 11.8 Å². The van der Waals surface area contributed by atoms with E-state index in [-0.39, 0.29) is 6.10 Å². The van der Waals surface area contributed by atoms with Gasteiger partial charge in [0, 0.05) is 19.1 Å². The molecule has 3 atom stereocenters. The number of rotatable bonds is 5. The highest BCUT2D eigenvalue weighted by atomic mass is 16.3. The SMILES string of the molecule is CC1CC(C)CC(NCC(O)CN2CCCC2)C1. The highest BCUT2D eigenvalue weighted by molar-refractivity contribution is 4.81. The number of hydrogen-bond acceptors (Lipinski definition) is 3. The zero-order valence-corrected chi connectivity index (χ0v) is 12.1. The maximum atomic E-state index is 10.1. The van der Waals surface area contributed by atoms with Gasteiger partial charge in [-0.1, -0.05) is 13.8 Å². The van der Waals surface area contributed by atoms with Gasteiger partial charge in [-0.2, -0.15) is 0 Å². The number of aliphatic hydroxyl groups excluding tert-OH is 1. The van der Waals surface area contributed by atoms with Crippen LogP contribution in [-0.4, -0.2) is 48.3 Å². The van der Waals surface area contributed by atoms with Crippen molar-refractivity contribution in [2.45, 2.75) is 58.1 Å². The fraction of sp³-hybridized carbons (Fsp3) is 1.00. The third kappa shape index (κ3) is 4.52. The third-order valence-corrected chi connectivity index (χ3v) is 4.49. The molecular weight excluding hydrogens is 224 g/mol. The first kappa shape index (κ1) is 14.3. The summed E-state index contributed by atoms with van der Waals surface area (Å²) in [5.74, 6) is 1.67. The zero-order chi connectivity index (χ0) is 13.0. The van der Waals surface area contributed by atoms with Crippen molar-refractivity contribution in [3.63, 3.8) is 0 Å². The minimum atomic E-state index is -0.198. The van der Waals surface area contributed by atoms with Gasteiger partial charge in [0.2, 0.25) is 0 Å². The molecule has 2 fully saturated rings. The first-order valence-electron chi connectivity index (χ1n) is 7.77. The first-order valence-corrected chi connectivity index (χ1v) is 7.77. The minimum Gasteiger partial charge on any atom is -0.390 e. The molecular formula is C15H30N2O. The fourth-order valence-electron chi connectivity index (χ4n) is 3.74. The van der Waals surface area contributed by atoms with E-state index in [1.54, 1.807) is 0 Å². The molecule has 0 amide bonds. The van der Waals surface area contributed by atoms with Crippen molar-refractivity contribution >= 4 is 0 Å². The number of nitrogens with zero attached hydrogens (tertiary/aromatic N) is 1. The predicted octanol–water partition coefficient (Wildman–Crippen LogP) is 1.86. The summed E-state index contributed by atoms with van der Waals surface area (Å²) in [4.78, 5) is 2.39. The van der Waals surface area contributed by atoms with Crippen molar-refractivity contribution < 1.29 is 5.11 Å². The molecule has 1 heterocycles. The van der Waals surface area contributed by atoms with E-state index in [0.717, 1.165) is 24.9 Å². The Balaban J connectivity index is 1.63. The van der Waals surface area contributed by atoms with Crippen molar-refractivity contribution in [2.75, 3.05) is 26.2 Å². The number of aliphatic hydroxyl groups is 1. The number of nitrogens with one attached hydrogen (secondary N) is 1. The summed E-state index contributed by atoms with van der Waals surface area (Å²) >= 11 is 0. The van der Waals surface area contributed by atoms with Crippen LogP contribution in [0.3, 0.4) is 0 Å². The highest BCUT2D eigenvalue weighted by Crippen LogP contribution is 2.28. The molecule has 1 aliphatic heterocycles. The summed E-state index contributed by atoms with van der Waals surface area (Å²) in [7, 11) is 0. The van der Waals surface area contributed by atoms with Crippen molar-refractivity contribution in [3.8, 4) is 0 Å². The van der Waals surface area contributed by atoms with Crippen LogP contribution < -0.4 is 5.32 Å². The molecule has 0 aromatic carbocycles. The monoisotopic (exact) mass is 254 g/mol. The predicted molar refractivity (Wildman–Crippen MR) is 75.7 cm³/mol. The Morgan fingerprint density at radius 2 is 1.72 bits per heavy atom. The normalized spacial score (nSPS) is 35.8. The molecule has 3 heteroatoms. The summed E-state index contributed by atoms with van der Waals surface area (Å²) in [5.41, 5.74) is 0. The van der Waals surface area contributed by atoms with E-state index >= 15 is 0 Å². The van der Waals surface area contributed by atoms with Gasteiger partial charge in [0.05, 0.1) is 6.10 Å². The second kappa shape index (κ2) is 6.88. The van der Waals surface area contributed by atoms with Crippen molar-refractivity contribution in [1.82, 2.24) is 10.2 Å². The molecule has 18 heavy (non-hydrogen) atoms. The van der Waals surface area contributed by atoms with Crippen molar-refractivity contribution in [2.24, 2.45) is 11.8 Å². The molecule has 2 N–H and O–H groups in total. The molecule has 0 spiro atoms. The maximum Gasteiger partial charge on any atom is 0.0791 e. The van der Waals surface area contributed by atoms with Crippen molar-refractivity contribution in [3.05, 3.63) is 0 Å². The second-order valence-electron chi connectivity index (χ2n) is 6.68.